The van der Waals surface area contributed by atoms with Crippen LogP contribution < -0.4 is 15.0 Å². The Morgan fingerprint density at radius 2 is 1.69 bits per heavy atom. The SMILES string of the molecule is CCCN1C(=O)C(Nc2ccc(N3CCC(C)CC3)cc2)=C(c2ccccc2OC)C1=O. The third-order valence-corrected chi connectivity index (χ3v) is 6.28. The second-order valence-corrected chi connectivity index (χ2v) is 8.55. The molecule has 2 aromatic carbocycles. The molecular weight excluding hydrogens is 402 g/mol. The molecule has 6 heteroatoms. The first-order valence-electron chi connectivity index (χ1n) is 11.4. The highest BCUT2D eigenvalue weighted by Crippen LogP contribution is 2.35. The van der Waals surface area contributed by atoms with Gasteiger partial charge >= 0.3 is 0 Å². The van der Waals surface area contributed by atoms with Crippen LogP contribution in [0.25, 0.3) is 5.57 Å². The maximum absolute atomic E-state index is 13.2. The van der Waals surface area contributed by atoms with E-state index in [1.165, 1.54) is 23.4 Å². The van der Waals surface area contributed by atoms with Crippen LogP contribution in [0.2, 0.25) is 0 Å². The van der Waals surface area contributed by atoms with E-state index in [4.69, 9.17) is 4.74 Å². The Morgan fingerprint density at radius 1 is 1.00 bits per heavy atom. The zero-order chi connectivity index (χ0) is 22.7. The second-order valence-electron chi connectivity index (χ2n) is 8.55. The molecule has 2 aromatic rings. The summed E-state index contributed by atoms with van der Waals surface area (Å²) >= 11 is 0. The zero-order valence-electron chi connectivity index (χ0n) is 19.1. The van der Waals surface area contributed by atoms with Gasteiger partial charge in [-0.2, -0.15) is 0 Å². The molecule has 0 spiro atoms. The monoisotopic (exact) mass is 433 g/mol. The molecule has 168 valence electrons. The molecule has 1 N–H and O–H groups in total. The molecule has 32 heavy (non-hydrogen) atoms. The van der Waals surface area contributed by atoms with Crippen LogP contribution >= 0.6 is 0 Å². The Kier molecular flexibility index (Phi) is 6.49. The average Bonchev–Trinajstić information content (AvgIpc) is 3.04. The number of hydrogen-bond acceptors (Lipinski definition) is 5. The fourth-order valence-corrected chi connectivity index (χ4v) is 4.39. The minimum Gasteiger partial charge on any atom is -0.496 e. The Labute approximate surface area is 189 Å². The standard InChI is InChI=1S/C26H31N3O3/c1-4-15-29-25(30)23(21-7-5-6-8-22(21)32-3)24(26(29)31)27-19-9-11-20(12-10-19)28-16-13-18(2)14-17-28/h5-12,18,27H,4,13-17H2,1-3H3. The van der Waals surface area contributed by atoms with Gasteiger partial charge in [-0.15, -0.1) is 0 Å². The summed E-state index contributed by atoms with van der Waals surface area (Å²) in [6.45, 7) is 6.77. The van der Waals surface area contributed by atoms with Crippen molar-refractivity contribution in [1.29, 1.82) is 0 Å². The topological polar surface area (TPSA) is 61.9 Å². The van der Waals surface area contributed by atoms with Crippen molar-refractivity contribution in [3.05, 3.63) is 59.8 Å². The lowest BCUT2D eigenvalue weighted by molar-refractivity contribution is -0.136. The summed E-state index contributed by atoms with van der Waals surface area (Å²) in [6, 6.07) is 15.4. The van der Waals surface area contributed by atoms with E-state index in [0.29, 0.717) is 35.5 Å². The van der Waals surface area contributed by atoms with E-state index in [1.54, 1.807) is 13.2 Å². The summed E-state index contributed by atoms with van der Waals surface area (Å²) in [5, 5.41) is 3.24. The van der Waals surface area contributed by atoms with Gasteiger partial charge in [0.05, 0.1) is 12.7 Å². The highest BCUT2D eigenvalue weighted by molar-refractivity contribution is 6.37. The molecule has 2 heterocycles. The lowest BCUT2D eigenvalue weighted by atomic mass is 9.99. The number of rotatable bonds is 7. The molecule has 1 fully saturated rings. The Bertz CT molecular complexity index is 1020. The van der Waals surface area contributed by atoms with E-state index in [9.17, 15) is 9.59 Å². The number of para-hydroxylation sites is 1. The summed E-state index contributed by atoms with van der Waals surface area (Å²) in [4.78, 5) is 30.1. The number of methoxy groups -OCH3 is 1. The summed E-state index contributed by atoms with van der Waals surface area (Å²) < 4.78 is 5.48. The summed E-state index contributed by atoms with van der Waals surface area (Å²) in [6.07, 6.45) is 3.12. The van der Waals surface area contributed by atoms with Crippen molar-refractivity contribution in [1.82, 2.24) is 4.90 Å². The van der Waals surface area contributed by atoms with Gasteiger partial charge in [0.2, 0.25) is 0 Å². The van der Waals surface area contributed by atoms with E-state index in [1.807, 2.05) is 37.3 Å². The number of nitrogens with one attached hydrogen (secondary N) is 1. The highest BCUT2D eigenvalue weighted by Gasteiger charge is 2.39. The molecule has 0 bridgehead atoms. The van der Waals surface area contributed by atoms with E-state index in [0.717, 1.165) is 24.7 Å². The van der Waals surface area contributed by atoms with E-state index in [2.05, 4.69) is 29.3 Å². The van der Waals surface area contributed by atoms with Crippen LogP contribution in [0.15, 0.2) is 54.2 Å². The van der Waals surface area contributed by atoms with Crippen molar-refractivity contribution in [2.24, 2.45) is 5.92 Å². The first-order valence-corrected chi connectivity index (χ1v) is 11.4. The van der Waals surface area contributed by atoms with Gasteiger partial charge in [-0.25, -0.2) is 0 Å². The smallest absolute Gasteiger partial charge is 0.278 e. The summed E-state index contributed by atoms with van der Waals surface area (Å²) in [5.41, 5.74) is 3.24. The number of carbonyl (C=O) groups is 2. The number of imide groups is 1. The van der Waals surface area contributed by atoms with Gasteiger partial charge in [-0.3, -0.25) is 14.5 Å². The van der Waals surface area contributed by atoms with Crippen LogP contribution in [0.1, 0.15) is 38.7 Å². The number of amides is 2. The van der Waals surface area contributed by atoms with E-state index < -0.39 is 0 Å². The molecule has 2 aliphatic heterocycles. The van der Waals surface area contributed by atoms with Gasteiger partial charge in [0.25, 0.3) is 11.8 Å². The minimum atomic E-state index is -0.299. The fourth-order valence-electron chi connectivity index (χ4n) is 4.39. The quantitative estimate of drug-likeness (QED) is 0.650. The predicted octanol–water partition coefficient (Wildman–Crippen LogP) is 4.53. The van der Waals surface area contributed by atoms with Gasteiger partial charge in [0.1, 0.15) is 11.4 Å². The number of anilines is 2. The molecule has 2 amide bonds. The fraction of sp³-hybridized carbons (Fsp3) is 0.385. The normalized spacial score (nSPS) is 17.3. The zero-order valence-corrected chi connectivity index (χ0v) is 19.1. The van der Waals surface area contributed by atoms with Gasteiger partial charge in [-0.1, -0.05) is 32.0 Å². The Hall–Kier alpha value is -3.28. The highest BCUT2D eigenvalue weighted by atomic mass is 16.5. The number of piperidine rings is 1. The average molecular weight is 434 g/mol. The molecule has 0 aromatic heterocycles. The lowest BCUT2D eigenvalue weighted by Gasteiger charge is -2.32. The van der Waals surface area contributed by atoms with Crippen LogP contribution in [0.5, 0.6) is 5.75 Å². The molecule has 2 aliphatic rings. The van der Waals surface area contributed by atoms with Crippen molar-refractivity contribution in [3.8, 4) is 5.75 Å². The lowest BCUT2D eigenvalue weighted by Crippen LogP contribution is -2.33. The number of carbonyl (C=O) groups excluding carboxylic acids is 2. The molecule has 0 aliphatic carbocycles. The Balaban J connectivity index is 1.65. The van der Waals surface area contributed by atoms with Crippen molar-refractivity contribution >= 4 is 28.8 Å². The predicted molar refractivity (Wildman–Crippen MR) is 128 cm³/mol. The molecule has 0 saturated carbocycles. The van der Waals surface area contributed by atoms with E-state index in [-0.39, 0.29) is 11.8 Å². The first kappa shape index (κ1) is 21.9. The molecular formula is C26H31N3O3. The molecule has 4 rings (SSSR count). The van der Waals surface area contributed by atoms with Crippen LogP contribution in [-0.4, -0.2) is 43.5 Å². The van der Waals surface area contributed by atoms with Gasteiger partial charge in [0, 0.05) is 36.6 Å². The first-order chi connectivity index (χ1) is 15.5. The Morgan fingerprint density at radius 3 is 2.34 bits per heavy atom. The molecule has 0 atom stereocenters. The molecule has 6 nitrogen and oxygen atoms in total. The van der Waals surface area contributed by atoms with Gasteiger partial charge in [0.15, 0.2) is 0 Å². The third-order valence-electron chi connectivity index (χ3n) is 6.28. The summed E-state index contributed by atoms with van der Waals surface area (Å²) in [7, 11) is 1.57. The molecule has 0 radical (unpaired) electrons. The van der Waals surface area contributed by atoms with Crippen LogP contribution in [-0.2, 0) is 9.59 Å². The van der Waals surface area contributed by atoms with Crippen LogP contribution in [0.4, 0.5) is 11.4 Å². The van der Waals surface area contributed by atoms with Crippen molar-refractivity contribution in [3.63, 3.8) is 0 Å². The van der Waals surface area contributed by atoms with Crippen LogP contribution in [0.3, 0.4) is 0 Å². The van der Waals surface area contributed by atoms with E-state index >= 15 is 0 Å². The molecule has 0 unspecified atom stereocenters. The van der Waals surface area contributed by atoms with Crippen molar-refractivity contribution in [2.45, 2.75) is 33.1 Å². The van der Waals surface area contributed by atoms with Gasteiger partial charge < -0.3 is 15.0 Å². The third kappa shape index (κ3) is 4.22. The van der Waals surface area contributed by atoms with Crippen molar-refractivity contribution < 1.29 is 14.3 Å². The maximum Gasteiger partial charge on any atom is 0.278 e. The van der Waals surface area contributed by atoms with Crippen LogP contribution in [0, 0.1) is 5.92 Å². The summed E-state index contributed by atoms with van der Waals surface area (Å²) in [5.74, 6) is 0.759. The maximum atomic E-state index is 13.2. The number of benzene rings is 2. The second kappa shape index (κ2) is 9.47. The molecule has 1 saturated heterocycles. The number of ether oxygens (including phenoxy) is 1. The minimum absolute atomic E-state index is 0.289. The van der Waals surface area contributed by atoms with Gasteiger partial charge in [-0.05, 0) is 55.5 Å². The number of nitrogens with zero attached hydrogens (tertiary/aromatic N) is 2. The number of hydrogen-bond donors (Lipinski definition) is 1. The van der Waals surface area contributed by atoms with Crippen molar-refractivity contribution in [2.75, 3.05) is 37.0 Å². The largest absolute Gasteiger partial charge is 0.496 e.